The first-order chi connectivity index (χ1) is 8.61. The quantitative estimate of drug-likeness (QED) is 0.759. The van der Waals surface area contributed by atoms with Crippen LogP contribution in [0, 0.1) is 11.8 Å². The van der Waals surface area contributed by atoms with E-state index in [1.807, 2.05) is 24.3 Å². The van der Waals surface area contributed by atoms with E-state index in [-0.39, 0.29) is 11.8 Å². The van der Waals surface area contributed by atoms with Crippen molar-refractivity contribution < 1.29 is 9.59 Å². The van der Waals surface area contributed by atoms with Gasteiger partial charge in [-0.2, -0.15) is 0 Å². The molecule has 4 nitrogen and oxygen atoms in total. The van der Waals surface area contributed by atoms with Gasteiger partial charge in [0.05, 0.1) is 13.0 Å². The largest absolute Gasteiger partial charge is 0.359 e. The Labute approximate surface area is 107 Å². The summed E-state index contributed by atoms with van der Waals surface area (Å²) in [5, 5.41) is 5.17. The van der Waals surface area contributed by atoms with Gasteiger partial charge in [-0.3, -0.25) is 9.59 Å². The van der Waals surface area contributed by atoms with Gasteiger partial charge in [0.1, 0.15) is 0 Å². The summed E-state index contributed by atoms with van der Waals surface area (Å²) >= 11 is 0. The number of carbonyl (C=O) groups is 2. The number of benzene rings is 1. The molecule has 0 atom stereocenters. The Hall–Kier alpha value is -2.28. The molecule has 2 N–H and O–H groups in total. The molecule has 0 aromatic heterocycles. The Balaban J connectivity index is 2.54. The molecule has 0 spiro atoms. The molecule has 2 amide bonds. The molecule has 1 aromatic carbocycles. The molecule has 0 radical (unpaired) electrons. The molecule has 0 unspecified atom stereocenters. The standard InChI is InChI=1S/C14H16N2O2/c1-11(17)16-9-3-4-12-5-7-13(8-6-12)10-14(18)15-2/h5-8H,9-10H2,1-2H3,(H,15,18)(H,16,17). The van der Waals surface area contributed by atoms with Crippen molar-refractivity contribution in [3.8, 4) is 11.8 Å². The maximum Gasteiger partial charge on any atom is 0.224 e. The number of carbonyl (C=O) groups excluding carboxylic acids is 2. The number of rotatable bonds is 3. The van der Waals surface area contributed by atoms with E-state index in [2.05, 4.69) is 22.5 Å². The van der Waals surface area contributed by atoms with E-state index in [1.54, 1.807) is 7.05 Å². The highest BCUT2D eigenvalue weighted by atomic mass is 16.2. The molecule has 0 bridgehead atoms. The van der Waals surface area contributed by atoms with Crippen LogP contribution in [-0.2, 0) is 16.0 Å². The van der Waals surface area contributed by atoms with Gasteiger partial charge in [0, 0.05) is 19.5 Å². The Morgan fingerprint density at radius 1 is 1.22 bits per heavy atom. The molecule has 4 heteroatoms. The summed E-state index contributed by atoms with van der Waals surface area (Å²) in [4.78, 5) is 21.8. The molecule has 0 heterocycles. The molecule has 0 fully saturated rings. The minimum atomic E-state index is -0.0924. The molecular weight excluding hydrogens is 228 g/mol. The van der Waals surface area contributed by atoms with Crippen LogP contribution in [0.15, 0.2) is 24.3 Å². The van der Waals surface area contributed by atoms with Crippen LogP contribution in [0.5, 0.6) is 0 Å². The minimum Gasteiger partial charge on any atom is -0.359 e. The zero-order valence-electron chi connectivity index (χ0n) is 10.5. The van der Waals surface area contributed by atoms with Crippen LogP contribution in [0.3, 0.4) is 0 Å². The first-order valence-electron chi connectivity index (χ1n) is 5.64. The van der Waals surface area contributed by atoms with E-state index < -0.39 is 0 Å². The second-order valence-electron chi connectivity index (χ2n) is 3.76. The third-order valence-corrected chi connectivity index (χ3v) is 2.26. The summed E-state index contributed by atoms with van der Waals surface area (Å²) in [6, 6.07) is 7.47. The predicted octanol–water partition coefficient (Wildman–Crippen LogP) is 0.463. The maximum atomic E-state index is 11.2. The van der Waals surface area contributed by atoms with E-state index in [1.165, 1.54) is 6.92 Å². The lowest BCUT2D eigenvalue weighted by atomic mass is 10.1. The van der Waals surface area contributed by atoms with Gasteiger partial charge in [-0.1, -0.05) is 24.0 Å². The van der Waals surface area contributed by atoms with Gasteiger partial charge in [0.2, 0.25) is 11.8 Å². The summed E-state index contributed by atoms with van der Waals surface area (Å²) in [7, 11) is 1.62. The third kappa shape index (κ3) is 5.17. The van der Waals surface area contributed by atoms with Crippen LogP contribution >= 0.6 is 0 Å². The Bertz CT molecular complexity index is 481. The van der Waals surface area contributed by atoms with Crippen molar-refractivity contribution in [2.75, 3.05) is 13.6 Å². The van der Waals surface area contributed by atoms with Crippen LogP contribution in [0.25, 0.3) is 0 Å². The fraction of sp³-hybridized carbons (Fsp3) is 0.286. The van der Waals surface area contributed by atoms with Crippen molar-refractivity contribution in [3.05, 3.63) is 35.4 Å². The lowest BCUT2D eigenvalue weighted by Crippen LogP contribution is -2.19. The average molecular weight is 244 g/mol. The number of hydrogen-bond donors (Lipinski definition) is 2. The SMILES string of the molecule is CNC(=O)Cc1ccc(C#CCNC(C)=O)cc1. The molecule has 0 saturated carbocycles. The smallest absolute Gasteiger partial charge is 0.224 e. The van der Waals surface area contributed by atoms with Crippen molar-refractivity contribution in [1.29, 1.82) is 0 Å². The van der Waals surface area contributed by atoms with Crippen LogP contribution in [0.2, 0.25) is 0 Å². The summed E-state index contributed by atoms with van der Waals surface area (Å²) in [6.07, 6.45) is 0.371. The van der Waals surface area contributed by atoms with Gasteiger partial charge in [-0.15, -0.1) is 0 Å². The normalized spacial score (nSPS) is 9.00. The number of hydrogen-bond acceptors (Lipinski definition) is 2. The van der Waals surface area contributed by atoms with Gasteiger partial charge in [-0.25, -0.2) is 0 Å². The van der Waals surface area contributed by atoms with E-state index >= 15 is 0 Å². The van der Waals surface area contributed by atoms with E-state index in [0.717, 1.165) is 11.1 Å². The van der Waals surface area contributed by atoms with Crippen molar-refractivity contribution in [1.82, 2.24) is 10.6 Å². The van der Waals surface area contributed by atoms with Gasteiger partial charge in [0.15, 0.2) is 0 Å². The summed E-state index contributed by atoms with van der Waals surface area (Å²) in [6.45, 7) is 1.80. The molecule has 18 heavy (non-hydrogen) atoms. The fourth-order valence-corrected chi connectivity index (χ4v) is 1.29. The molecule has 0 aliphatic rings. The van der Waals surface area contributed by atoms with Crippen molar-refractivity contribution in [3.63, 3.8) is 0 Å². The molecule has 1 aromatic rings. The fourth-order valence-electron chi connectivity index (χ4n) is 1.29. The lowest BCUT2D eigenvalue weighted by Gasteiger charge is -2.00. The zero-order chi connectivity index (χ0) is 13.4. The summed E-state index contributed by atoms with van der Waals surface area (Å²) < 4.78 is 0. The van der Waals surface area contributed by atoms with Gasteiger partial charge < -0.3 is 10.6 Å². The Morgan fingerprint density at radius 2 is 1.89 bits per heavy atom. The van der Waals surface area contributed by atoms with Gasteiger partial charge in [0.25, 0.3) is 0 Å². The highest BCUT2D eigenvalue weighted by Gasteiger charge is 1.99. The van der Waals surface area contributed by atoms with Crippen LogP contribution in [0.1, 0.15) is 18.1 Å². The van der Waals surface area contributed by atoms with Gasteiger partial charge >= 0.3 is 0 Å². The van der Waals surface area contributed by atoms with Crippen molar-refractivity contribution in [2.45, 2.75) is 13.3 Å². The predicted molar refractivity (Wildman–Crippen MR) is 69.8 cm³/mol. The molecule has 0 aliphatic heterocycles. The number of amides is 2. The maximum absolute atomic E-state index is 11.2. The van der Waals surface area contributed by atoms with Crippen LogP contribution in [0.4, 0.5) is 0 Å². The molecular formula is C14H16N2O2. The lowest BCUT2D eigenvalue weighted by molar-refractivity contribution is -0.120. The van der Waals surface area contributed by atoms with E-state index in [9.17, 15) is 9.59 Å². The second-order valence-corrected chi connectivity index (χ2v) is 3.76. The van der Waals surface area contributed by atoms with Crippen LogP contribution in [-0.4, -0.2) is 25.4 Å². The highest BCUT2D eigenvalue weighted by molar-refractivity contribution is 5.78. The topological polar surface area (TPSA) is 58.2 Å². The number of likely N-dealkylation sites (N-methyl/N-ethyl adjacent to an activating group) is 1. The Morgan fingerprint density at radius 3 is 2.44 bits per heavy atom. The monoisotopic (exact) mass is 244 g/mol. The molecule has 0 saturated heterocycles. The first kappa shape index (κ1) is 13.8. The third-order valence-electron chi connectivity index (χ3n) is 2.26. The van der Waals surface area contributed by atoms with E-state index in [4.69, 9.17) is 0 Å². The first-order valence-corrected chi connectivity index (χ1v) is 5.64. The summed E-state index contributed by atoms with van der Waals surface area (Å²) in [5.74, 6) is 5.67. The Kier molecular flexibility index (Phi) is 5.46. The summed E-state index contributed by atoms with van der Waals surface area (Å²) in [5.41, 5.74) is 1.81. The second kappa shape index (κ2) is 7.13. The van der Waals surface area contributed by atoms with Gasteiger partial charge in [-0.05, 0) is 17.7 Å². The average Bonchev–Trinajstić information content (AvgIpc) is 2.36. The van der Waals surface area contributed by atoms with Crippen LogP contribution < -0.4 is 10.6 Å². The molecule has 94 valence electrons. The van der Waals surface area contributed by atoms with E-state index in [0.29, 0.717) is 13.0 Å². The van der Waals surface area contributed by atoms with Crippen molar-refractivity contribution >= 4 is 11.8 Å². The highest BCUT2D eigenvalue weighted by Crippen LogP contribution is 2.03. The van der Waals surface area contributed by atoms with Crippen molar-refractivity contribution in [2.24, 2.45) is 0 Å². The number of nitrogens with one attached hydrogen (secondary N) is 2. The molecule has 1 rings (SSSR count). The minimum absolute atomic E-state index is 0.0144. The molecule has 0 aliphatic carbocycles. The zero-order valence-corrected chi connectivity index (χ0v) is 10.5.